The monoisotopic (exact) mass is 414 g/mol. The third-order valence-corrected chi connectivity index (χ3v) is 6.81. The molecule has 104 valence electrons. The van der Waals surface area contributed by atoms with Crippen molar-refractivity contribution in [3.63, 3.8) is 0 Å². The van der Waals surface area contributed by atoms with Crippen molar-refractivity contribution in [1.29, 1.82) is 0 Å². The summed E-state index contributed by atoms with van der Waals surface area (Å²) in [6, 6.07) is -0.940. The number of fused-ring (bicyclic) bond motifs is 1. The molecule has 7 nitrogen and oxygen atoms in total. The zero-order chi connectivity index (χ0) is 14.3. The van der Waals surface area contributed by atoms with E-state index in [0.29, 0.717) is 12.0 Å². The van der Waals surface area contributed by atoms with Gasteiger partial charge in [0.25, 0.3) is 5.91 Å². The van der Waals surface area contributed by atoms with Gasteiger partial charge in [-0.15, -0.1) is 0 Å². The van der Waals surface area contributed by atoms with E-state index in [4.69, 9.17) is 0 Å². The summed E-state index contributed by atoms with van der Waals surface area (Å²) in [5.41, 5.74) is 0.150. The van der Waals surface area contributed by atoms with Gasteiger partial charge in [-0.3, -0.25) is 18.7 Å². The molecule has 19 heavy (non-hydrogen) atoms. The minimum atomic E-state index is -1.54. The average molecular weight is 416 g/mol. The summed E-state index contributed by atoms with van der Waals surface area (Å²) >= 11 is 6.31. The molecule has 2 rings (SSSR count). The number of nitrogens with zero attached hydrogens (tertiary/aromatic N) is 1. The number of halogens is 2. The molecule has 0 aliphatic carbocycles. The second kappa shape index (κ2) is 5.33. The first-order chi connectivity index (χ1) is 8.95. The van der Waals surface area contributed by atoms with Gasteiger partial charge in [0.05, 0.1) is 10.8 Å². The summed E-state index contributed by atoms with van der Waals surface area (Å²) in [4.78, 5) is 34.6. The highest BCUT2D eigenvalue weighted by Gasteiger charge is 2.58. The van der Waals surface area contributed by atoms with Crippen LogP contribution in [0.1, 0.15) is 0 Å². The zero-order valence-electron chi connectivity index (χ0n) is 9.21. The van der Waals surface area contributed by atoms with Gasteiger partial charge in [-0.25, -0.2) is 4.79 Å². The zero-order valence-corrected chi connectivity index (χ0v) is 13.2. The minimum absolute atomic E-state index is 0.179. The molecule has 2 heterocycles. The van der Waals surface area contributed by atoms with Crippen LogP contribution in [-0.2, 0) is 25.2 Å². The lowest BCUT2D eigenvalue weighted by atomic mass is 10.0. The molecule has 0 saturated carbocycles. The second-order valence-corrected chi connectivity index (χ2v) is 7.51. The molecule has 1 saturated heterocycles. The standard InChI is InChI=1S/C9H8Br2N2O5S/c10-1-3-5(9(16)17)13-7(15)4(12-2-14)8(13)19(18)6(3)11/h2,4,6,8H,1H2,(H,12,14)(H,16,17)/t4-,6?,8-,19?/m1/s1. The van der Waals surface area contributed by atoms with Gasteiger partial charge >= 0.3 is 5.97 Å². The molecule has 2 amide bonds. The highest BCUT2D eigenvalue weighted by atomic mass is 79.9. The van der Waals surface area contributed by atoms with E-state index < -0.39 is 38.3 Å². The predicted molar refractivity (Wildman–Crippen MR) is 72.9 cm³/mol. The number of carboxylic acids is 1. The van der Waals surface area contributed by atoms with Crippen LogP contribution in [0.5, 0.6) is 0 Å². The van der Waals surface area contributed by atoms with Crippen LogP contribution in [0.2, 0.25) is 0 Å². The molecule has 0 spiro atoms. The Balaban J connectivity index is 2.49. The molecule has 0 aromatic heterocycles. The number of nitrogens with one attached hydrogen (secondary N) is 1. The highest BCUT2D eigenvalue weighted by molar-refractivity contribution is 9.11. The van der Waals surface area contributed by atoms with Gasteiger partial charge in [-0.1, -0.05) is 31.9 Å². The number of carboxylic acid groups (broad SMARTS) is 1. The van der Waals surface area contributed by atoms with Crippen LogP contribution < -0.4 is 5.32 Å². The first-order valence-electron chi connectivity index (χ1n) is 5.04. The Labute approximate surface area is 127 Å². The average Bonchev–Trinajstić information content (AvgIpc) is 2.38. The third-order valence-electron chi connectivity index (χ3n) is 2.90. The number of hydrogen-bond donors (Lipinski definition) is 2. The van der Waals surface area contributed by atoms with Gasteiger partial charge in [0.15, 0.2) is 0 Å². The number of alkyl halides is 2. The van der Waals surface area contributed by atoms with E-state index in [1.165, 1.54) is 0 Å². The van der Waals surface area contributed by atoms with Gasteiger partial charge in [0.2, 0.25) is 6.41 Å². The van der Waals surface area contributed by atoms with Crippen LogP contribution in [0.15, 0.2) is 11.3 Å². The summed E-state index contributed by atoms with van der Waals surface area (Å²) in [5, 5.41) is 10.8. The van der Waals surface area contributed by atoms with Gasteiger partial charge in [0.1, 0.15) is 21.3 Å². The molecular formula is C9H8Br2N2O5S. The minimum Gasteiger partial charge on any atom is -0.477 e. The van der Waals surface area contributed by atoms with Crippen LogP contribution in [0, 0.1) is 0 Å². The second-order valence-electron chi connectivity index (χ2n) is 3.82. The Morgan fingerprint density at radius 3 is 2.68 bits per heavy atom. The topological polar surface area (TPSA) is 104 Å². The molecule has 10 heteroatoms. The molecule has 4 atom stereocenters. The van der Waals surface area contributed by atoms with Crippen LogP contribution in [-0.4, -0.2) is 53.4 Å². The summed E-state index contributed by atoms with van der Waals surface area (Å²) < 4.78 is 11.5. The van der Waals surface area contributed by atoms with Crippen LogP contribution in [0.3, 0.4) is 0 Å². The maximum atomic E-state index is 12.2. The van der Waals surface area contributed by atoms with Crippen molar-refractivity contribution in [3.05, 3.63) is 11.3 Å². The number of rotatable bonds is 4. The molecule has 1 fully saturated rings. The Morgan fingerprint density at radius 2 is 2.21 bits per heavy atom. The van der Waals surface area contributed by atoms with Crippen molar-refractivity contribution >= 4 is 60.9 Å². The van der Waals surface area contributed by atoms with E-state index in [1.54, 1.807) is 0 Å². The Kier molecular flexibility index (Phi) is 4.11. The molecule has 2 N–H and O–H groups in total. The fourth-order valence-electron chi connectivity index (χ4n) is 2.06. The number of hydrogen-bond acceptors (Lipinski definition) is 4. The highest BCUT2D eigenvalue weighted by Crippen LogP contribution is 2.40. The van der Waals surface area contributed by atoms with E-state index in [9.17, 15) is 23.7 Å². The Hall–Kier alpha value is -0.740. The summed E-state index contributed by atoms with van der Waals surface area (Å²) in [5.74, 6) is -1.83. The van der Waals surface area contributed by atoms with Crippen LogP contribution in [0.25, 0.3) is 0 Å². The van der Waals surface area contributed by atoms with Crippen LogP contribution in [0.4, 0.5) is 0 Å². The maximum Gasteiger partial charge on any atom is 0.352 e. The van der Waals surface area contributed by atoms with Gasteiger partial charge < -0.3 is 10.4 Å². The van der Waals surface area contributed by atoms with E-state index in [0.717, 1.165) is 4.90 Å². The van der Waals surface area contributed by atoms with E-state index in [-0.39, 0.29) is 11.0 Å². The Bertz CT molecular complexity index is 523. The molecule has 0 radical (unpaired) electrons. The largest absolute Gasteiger partial charge is 0.477 e. The van der Waals surface area contributed by atoms with Crippen molar-refractivity contribution in [2.45, 2.75) is 15.6 Å². The first-order valence-corrected chi connectivity index (χ1v) is 8.35. The molecular weight excluding hydrogens is 408 g/mol. The summed E-state index contributed by atoms with van der Waals surface area (Å²) in [7, 11) is -1.54. The molecule has 0 aromatic rings. The lowest BCUT2D eigenvalue weighted by molar-refractivity contribution is -0.150. The van der Waals surface area contributed by atoms with Gasteiger partial charge in [-0.05, 0) is 5.57 Å². The Morgan fingerprint density at radius 1 is 1.58 bits per heavy atom. The van der Waals surface area contributed by atoms with Crippen molar-refractivity contribution in [2.75, 3.05) is 5.33 Å². The first kappa shape index (κ1) is 14.7. The number of β-lactam (4-membered cyclic amide) rings is 1. The van der Waals surface area contributed by atoms with Crippen molar-refractivity contribution in [3.8, 4) is 0 Å². The lowest BCUT2D eigenvalue weighted by Gasteiger charge is -2.49. The number of carbonyl (C=O) groups is 3. The van der Waals surface area contributed by atoms with E-state index in [1.807, 2.05) is 0 Å². The quantitative estimate of drug-likeness (QED) is 0.365. The smallest absolute Gasteiger partial charge is 0.352 e. The van der Waals surface area contributed by atoms with E-state index in [2.05, 4.69) is 37.2 Å². The predicted octanol–water partition coefficient (Wildman–Crippen LogP) is -0.514. The van der Waals surface area contributed by atoms with Gasteiger partial charge in [0, 0.05) is 5.33 Å². The summed E-state index contributed by atoms with van der Waals surface area (Å²) in [6.45, 7) is 0. The normalized spacial score (nSPS) is 33.6. The maximum absolute atomic E-state index is 12.2. The van der Waals surface area contributed by atoms with Crippen molar-refractivity contribution in [1.82, 2.24) is 10.2 Å². The number of amides is 2. The van der Waals surface area contributed by atoms with E-state index >= 15 is 0 Å². The number of aliphatic carboxylic acids is 1. The van der Waals surface area contributed by atoms with Crippen LogP contribution >= 0.6 is 31.9 Å². The lowest BCUT2D eigenvalue weighted by Crippen LogP contribution is -2.73. The fraction of sp³-hybridized carbons (Fsp3) is 0.444. The molecule has 2 aliphatic rings. The SMILES string of the molecule is O=CN[C@@H]1C(=O)N2C(C(=O)O)=C(CBr)C(Br)S(=O)[C@H]12. The summed E-state index contributed by atoms with van der Waals surface area (Å²) in [6.07, 6.45) is 0.338. The third kappa shape index (κ3) is 2.05. The number of carbonyl (C=O) groups excluding carboxylic acids is 2. The van der Waals surface area contributed by atoms with Gasteiger partial charge in [-0.2, -0.15) is 0 Å². The van der Waals surface area contributed by atoms with Crippen molar-refractivity contribution in [2.24, 2.45) is 0 Å². The fourth-order valence-corrected chi connectivity index (χ4v) is 5.94. The molecule has 0 bridgehead atoms. The molecule has 2 aliphatic heterocycles. The molecule has 0 aromatic carbocycles. The van der Waals surface area contributed by atoms with Crippen molar-refractivity contribution < 1.29 is 23.7 Å². The molecule has 2 unspecified atom stereocenters.